The van der Waals surface area contributed by atoms with Crippen molar-refractivity contribution >= 4 is 6.03 Å². The second kappa shape index (κ2) is 3.16. The van der Waals surface area contributed by atoms with E-state index in [4.69, 9.17) is 9.47 Å². The molecule has 2 amide bonds. The van der Waals surface area contributed by atoms with Crippen LogP contribution in [0, 0.1) is 0 Å². The number of amides is 2. The number of likely N-dealkylation sites (N-methyl/N-ethyl adjacent to an activating group) is 2. The van der Waals surface area contributed by atoms with Gasteiger partial charge in [0, 0.05) is 13.1 Å². The monoisotopic (exact) mass is 186 g/mol. The highest BCUT2D eigenvalue weighted by molar-refractivity contribution is 5.77. The van der Waals surface area contributed by atoms with Crippen molar-refractivity contribution < 1.29 is 14.3 Å². The molecule has 0 radical (unpaired) electrons. The SMILES string of the molecule is CCN1C(=O)N(CC)[C@H]2OCO[C@H]21. The number of hydrogen-bond acceptors (Lipinski definition) is 3. The molecule has 0 saturated carbocycles. The van der Waals surface area contributed by atoms with Crippen LogP contribution in [0.3, 0.4) is 0 Å². The van der Waals surface area contributed by atoms with Gasteiger partial charge >= 0.3 is 6.03 Å². The lowest BCUT2D eigenvalue weighted by atomic mass is 10.4. The van der Waals surface area contributed by atoms with E-state index in [0.29, 0.717) is 13.1 Å². The van der Waals surface area contributed by atoms with Crippen LogP contribution in [0.4, 0.5) is 4.79 Å². The largest absolute Gasteiger partial charge is 0.327 e. The first-order valence-corrected chi connectivity index (χ1v) is 4.60. The van der Waals surface area contributed by atoms with Crippen LogP contribution in [0.1, 0.15) is 13.8 Å². The van der Waals surface area contributed by atoms with Crippen molar-refractivity contribution in [3.05, 3.63) is 0 Å². The van der Waals surface area contributed by atoms with E-state index in [9.17, 15) is 4.79 Å². The molecule has 0 N–H and O–H groups in total. The van der Waals surface area contributed by atoms with Gasteiger partial charge < -0.3 is 9.47 Å². The van der Waals surface area contributed by atoms with Gasteiger partial charge in [0.25, 0.3) is 0 Å². The van der Waals surface area contributed by atoms with Gasteiger partial charge in [0.2, 0.25) is 0 Å². The number of rotatable bonds is 2. The smallest absolute Gasteiger partial charge is 0.324 e. The third kappa shape index (κ3) is 1.11. The maximum atomic E-state index is 11.7. The van der Waals surface area contributed by atoms with Gasteiger partial charge in [-0.15, -0.1) is 0 Å². The summed E-state index contributed by atoms with van der Waals surface area (Å²) in [5.41, 5.74) is 0. The fourth-order valence-corrected chi connectivity index (χ4v) is 1.84. The standard InChI is InChI=1S/C8H14N2O3/c1-3-9-6-7(13-5-12-6)10(4-2)8(9)11/h6-7H,3-5H2,1-2H3/t6-,7+. The maximum absolute atomic E-state index is 11.7. The first kappa shape index (κ1) is 8.77. The molecular weight excluding hydrogens is 172 g/mol. The van der Waals surface area contributed by atoms with Crippen molar-refractivity contribution in [2.45, 2.75) is 26.3 Å². The topological polar surface area (TPSA) is 42.0 Å². The molecule has 2 aliphatic rings. The molecule has 2 atom stereocenters. The molecule has 0 bridgehead atoms. The molecule has 5 heteroatoms. The highest BCUT2D eigenvalue weighted by Gasteiger charge is 2.49. The molecule has 13 heavy (non-hydrogen) atoms. The first-order valence-electron chi connectivity index (χ1n) is 4.60. The van der Waals surface area contributed by atoms with Gasteiger partial charge in [-0.25, -0.2) is 4.79 Å². The van der Waals surface area contributed by atoms with Crippen molar-refractivity contribution in [3.63, 3.8) is 0 Å². The Kier molecular flexibility index (Phi) is 2.13. The van der Waals surface area contributed by atoms with E-state index in [1.54, 1.807) is 9.80 Å². The van der Waals surface area contributed by atoms with Crippen molar-refractivity contribution in [2.24, 2.45) is 0 Å². The molecule has 2 aliphatic heterocycles. The zero-order chi connectivity index (χ0) is 9.42. The minimum Gasteiger partial charge on any atom is -0.327 e. The molecule has 5 nitrogen and oxygen atoms in total. The zero-order valence-corrected chi connectivity index (χ0v) is 7.90. The summed E-state index contributed by atoms with van der Waals surface area (Å²) in [6, 6.07) is 0.0136. The second-order valence-corrected chi connectivity index (χ2v) is 3.09. The lowest BCUT2D eigenvalue weighted by Gasteiger charge is -2.18. The molecule has 2 heterocycles. The third-order valence-electron chi connectivity index (χ3n) is 2.51. The van der Waals surface area contributed by atoms with Crippen LogP contribution in [-0.2, 0) is 9.47 Å². The Hall–Kier alpha value is -0.810. The number of urea groups is 1. The Labute approximate surface area is 77.2 Å². The summed E-state index contributed by atoms with van der Waals surface area (Å²) in [6.45, 7) is 5.50. The zero-order valence-electron chi connectivity index (χ0n) is 7.90. The predicted octanol–water partition coefficient (Wildman–Crippen LogP) is 0.420. The van der Waals surface area contributed by atoms with Crippen molar-refractivity contribution in [3.8, 4) is 0 Å². The summed E-state index contributed by atoms with van der Waals surface area (Å²) < 4.78 is 10.6. The quantitative estimate of drug-likeness (QED) is 0.627. The highest BCUT2D eigenvalue weighted by atomic mass is 16.7. The molecule has 0 aromatic carbocycles. The fraction of sp³-hybridized carbons (Fsp3) is 0.875. The van der Waals surface area contributed by atoms with Gasteiger partial charge in [-0.2, -0.15) is 0 Å². The van der Waals surface area contributed by atoms with E-state index in [1.165, 1.54) is 0 Å². The highest BCUT2D eigenvalue weighted by Crippen LogP contribution is 2.28. The van der Waals surface area contributed by atoms with E-state index in [-0.39, 0.29) is 25.3 Å². The van der Waals surface area contributed by atoms with Gasteiger partial charge in [-0.3, -0.25) is 9.80 Å². The van der Waals surface area contributed by atoms with Crippen molar-refractivity contribution in [1.82, 2.24) is 9.80 Å². The van der Waals surface area contributed by atoms with Crippen LogP contribution < -0.4 is 0 Å². The molecule has 0 spiro atoms. The fourth-order valence-electron chi connectivity index (χ4n) is 1.84. The van der Waals surface area contributed by atoms with Crippen LogP contribution in [-0.4, -0.2) is 48.2 Å². The van der Waals surface area contributed by atoms with Gasteiger partial charge in [0.05, 0.1) is 0 Å². The average molecular weight is 186 g/mol. The Balaban J connectivity index is 2.20. The third-order valence-corrected chi connectivity index (χ3v) is 2.51. The Bertz CT molecular complexity index is 201. The molecule has 2 saturated heterocycles. The number of fused-ring (bicyclic) bond motifs is 1. The number of nitrogens with zero attached hydrogens (tertiary/aromatic N) is 2. The minimum atomic E-state index is -0.197. The first-order chi connectivity index (χ1) is 6.29. The molecule has 2 fully saturated rings. The van der Waals surface area contributed by atoms with Crippen LogP contribution in [0.25, 0.3) is 0 Å². The van der Waals surface area contributed by atoms with Crippen LogP contribution in [0.5, 0.6) is 0 Å². The van der Waals surface area contributed by atoms with Crippen molar-refractivity contribution in [2.75, 3.05) is 19.9 Å². The summed E-state index contributed by atoms with van der Waals surface area (Å²) in [4.78, 5) is 15.1. The van der Waals surface area contributed by atoms with Gasteiger partial charge in [0.15, 0.2) is 19.2 Å². The predicted molar refractivity (Wildman–Crippen MR) is 44.8 cm³/mol. The second-order valence-electron chi connectivity index (χ2n) is 3.09. The van der Waals surface area contributed by atoms with Crippen LogP contribution in [0.15, 0.2) is 0 Å². The van der Waals surface area contributed by atoms with E-state index < -0.39 is 0 Å². The van der Waals surface area contributed by atoms with Gasteiger partial charge in [-0.1, -0.05) is 0 Å². The minimum absolute atomic E-state index is 0.0136. The Morgan fingerprint density at radius 1 is 1.23 bits per heavy atom. The summed E-state index contributed by atoms with van der Waals surface area (Å²) in [5, 5.41) is 0. The van der Waals surface area contributed by atoms with E-state index in [1.807, 2.05) is 13.8 Å². The number of carbonyl (C=O) groups is 1. The van der Waals surface area contributed by atoms with E-state index >= 15 is 0 Å². The van der Waals surface area contributed by atoms with Crippen LogP contribution in [0.2, 0.25) is 0 Å². The molecule has 74 valence electrons. The summed E-state index contributed by atoms with van der Waals surface area (Å²) in [7, 11) is 0. The number of carbonyl (C=O) groups excluding carboxylic acids is 1. The molecule has 0 aromatic rings. The van der Waals surface area contributed by atoms with Crippen molar-refractivity contribution in [1.29, 1.82) is 0 Å². The Morgan fingerprint density at radius 3 is 2.08 bits per heavy atom. The van der Waals surface area contributed by atoms with Crippen LogP contribution >= 0.6 is 0 Å². The molecular formula is C8H14N2O3. The lowest BCUT2D eigenvalue weighted by Crippen LogP contribution is -2.35. The van der Waals surface area contributed by atoms with Gasteiger partial charge in [-0.05, 0) is 13.8 Å². The lowest BCUT2D eigenvalue weighted by molar-refractivity contribution is -0.0147. The van der Waals surface area contributed by atoms with Gasteiger partial charge in [0.1, 0.15) is 0 Å². The normalized spacial score (nSPS) is 32.9. The molecule has 0 aromatic heterocycles. The molecule has 2 rings (SSSR count). The summed E-state index contributed by atoms with van der Waals surface area (Å²) in [6.07, 6.45) is -0.394. The summed E-state index contributed by atoms with van der Waals surface area (Å²) in [5.74, 6) is 0. The number of ether oxygens (including phenoxy) is 2. The van der Waals surface area contributed by atoms with E-state index in [0.717, 1.165) is 0 Å². The molecule has 0 unspecified atom stereocenters. The summed E-state index contributed by atoms with van der Waals surface area (Å²) >= 11 is 0. The number of hydrogen-bond donors (Lipinski definition) is 0. The maximum Gasteiger partial charge on any atom is 0.324 e. The Morgan fingerprint density at radius 2 is 1.69 bits per heavy atom. The molecule has 0 aliphatic carbocycles. The average Bonchev–Trinajstić information content (AvgIpc) is 2.64. The van der Waals surface area contributed by atoms with E-state index in [2.05, 4.69) is 0 Å².